The summed E-state index contributed by atoms with van der Waals surface area (Å²) in [5.74, 6) is 0.538. The van der Waals surface area contributed by atoms with Crippen molar-refractivity contribution < 1.29 is 9.53 Å². The van der Waals surface area contributed by atoms with Crippen molar-refractivity contribution in [2.45, 2.75) is 38.3 Å². The Kier molecular flexibility index (Phi) is 4.38. The lowest BCUT2D eigenvalue weighted by molar-refractivity contribution is -0.0760. The number of carbonyl (C=O) groups excluding carboxylic acids is 1. The highest BCUT2D eigenvalue weighted by molar-refractivity contribution is 5.92. The van der Waals surface area contributed by atoms with Gasteiger partial charge in [-0.25, -0.2) is 9.97 Å². The normalized spacial score (nSPS) is 21.1. The second kappa shape index (κ2) is 6.45. The molecular weight excluding hydrogens is 294 g/mol. The summed E-state index contributed by atoms with van der Waals surface area (Å²) < 4.78 is 7.39. The Labute approximate surface area is 135 Å². The molecule has 2 aromatic heterocycles. The topological polar surface area (TPSA) is 81.9 Å². The van der Waals surface area contributed by atoms with Gasteiger partial charge >= 0.3 is 0 Å². The van der Waals surface area contributed by atoms with Crippen molar-refractivity contribution in [3.8, 4) is 0 Å². The molecule has 1 aliphatic heterocycles. The van der Waals surface area contributed by atoms with E-state index >= 15 is 0 Å². The molecule has 3 rings (SSSR count). The standard InChI is InChI=1S/C16H21N5O2/c1-16(6-3-4-8-23-16)15-18-10-12(11-19-15)9-17-14(22)13-5-7-20-21(13)2/h5,7,10-11H,3-4,6,8-9H2,1-2H3,(H,17,22)/t16-/m1/s1. The van der Waals surface area contributed by atoms with Gasteiger partial charge in [0.2, 0.25) is 0 Å². The molecule has 23 heavy (non-hydrogen) atoms. The van der Waals surface area contributed by atoms with E-state index in [0.717, 1.165) is 31.4 Å². The van der Waals surface area contributed by atoms with Crippen LogP contribution in [0.4, 0.5) is 0 Å². The van der Waals surface area contributed by atoms with E-state index in [1.54, 1.807) is 31.7 Å². The monoisotopic (exact) mass is 315 g/mol. The summed E-state index contributed by atoms with van der Waals surface area (Å²) in [4.78, 5) is 20.9. The van der Waals surface area contributed by atoms with Crippen LogP contribution in [0.15, 0.2) is 24.7 Å². The first kappa shape index (κ1) is 15.6. The highest BCUT2D eigenvalue weighted by atomic mass is 16.5. The van der Waals surface area contributed by atoms with Crippen molar-refractivity contribution in [2.24, 2.45) is 7.05 Å². The Hall–Kier alpha value is -2.28. The Balaban J connectivity index is 1.61. The fourth-order valence-corrected chi connectivity index (χ4v) is 2.70. The Bertz CT molecular complexity index is 674. The third kappa shape index (κ3) is 3.39. The van der Waals surface area contributed by atoms with Crippen molar-refractivity contribution in [1.82, 2.24) is 25.1 Å². The van der Waals surface area contributed by atoms with Crippen LogP contribution < -0.4 is 5.32 Å². The first-order chi connectivity index (χ1) is 11.1. The van der Waals surface area contributed by atoms with Crippen LogP contribution >= 0.6 is 0 Å². The van der Waals surface area contributed by atoms with Gasteiger partial charge in [-0.3, -0.25) is 9.48 Å². The molecule has 3 heterocycles. The Morgan fingerprint density at radius 3 is 2.78 bits per heavy atom. The fraction of sp³-hybridized carbons (Fsp3) is 0.500. The van der Waals surface area contributed by atoms with Gasteiger partial charge in [-0.2, -0.15) is 5.10 Å². The third-order valence-electron chi connectivity index (χ3n) is 4.15. The van der Waals surface area contributed by atoms with Crippen LogP contribution in [-0.2, 0) is 23.9 Å². The smallest absolute Gasteiger partial charge is 0.269 e. The average molecular weight is 315 g/mol. The van der Waals surface area contributed by atoms with Crippen LogP contribution in [0.2, 0.25) is 0 Å². The molecule has 7 heteroatoms. The molecule has 122 valence electrons. The van der Waals surface area contributed by atoms with Crippen LogP contribution in [0.25, 0.3) is 0 Å². The number of aryl methyl sites for hydroxylation is 1. The van der Waals surface area contributed by atoms with E-state index in [-0.39, 0.29) is 5.91 Å². The zero-order chi connectivity index (χ0) is 16.3. The number of ether oxygens (including phenoxy) is 1. The van der Waals surface area contributed by atoms with Crippen molar-refractivity contribution in [1.29, 1.82) is 0 Å². The van der Waals surface area contributed by atoms with E-state index in [1.165, 1.54) is 4.68 Å². The zero-order valence-corrected chi connectivity index (χ0v) is 13.5. The summed E-state index contributed by atoms with van der Waals surface area (Å²) in [5.41, 5.74) is 0.976. The minimum absolute atomic E-state index is 0.170. The molecule has 1 saturated heterocycles. The maximum absolute atomic E-state index is 12.0. The Morgan fingerprint density at radius 2 is 2.17 bits per heavy atom. The summed E-state index contributed by atoms with van der Waals surface area (Å²) in [6, 6.07) is 1.68. The van der Waals surface area contributed by atoms with Gasteiger partial charge in [0.25, 0.3) is 5.91 Å². The summed E-state index contributed by atoms with van der Waals surface area (Å²) >= 11 is 0. The molecule has 0 radical (unpaired) electrons. The molecule has 0 bridgehead atoms. The SMILES string of the molecule is Cn1nccc1C(=O)NCc1cnc([C@@]2(C)CCCCO2)nc1. The lowest BCUT2D eigenvalue weighted by Gasteiger charge is -2.32. The first-order valence-corrected chi connectivity index (χ1v) is 7.80. The number of nitrogens with zero attached hydrogens (tertiary/aromatic N) is 4. The molecule has 2 aromatic rings. The predicted molar refractivity (Wildman–Crippen MR) is 83.6 cm³/mol. The highest BCUT2D eigenvalue weighted by Gasteiger charge is 2.32. The number of amides is 1. The number of rotatable bonds is 4. The van der Waals surface area contributed by atoms with E-state index < -0.39 is 5.60 Å². The van der Waals surface area contributed by atoms with Crippen molar-refractivity contribution in [3.05, 3.63) is 41.7 Å². The van der Waals surface area contributed by atoms with Gasteiger partial charge in [0.15, 0.2) is 5.82 Å². The van der Waals surface area contributed by atoms with Crippen molar-refractivity contribution >= 4 is 5.91 Å². The second-order valence-corrected chi connectivity index (χ2v) is 5.97. The van der Waals surface area contributed by atoms with Crippen LogP contribution in [0.5, 0.6) is 0 Å². The first-order valence-electron chi connectivity index (χ1n) is 7.80. The van der Waals surface area contributed by atoms with Gasteiger partial charge in [-0.1, -0.05) is 0 Å². The molecule has 1 N–H and O–H groups in total. The minimum Gasteiger partial charge on any atom is -0.367 e. The molecule has 0 unspecified atom stereocenters. The number of carbonyl (C=O) groups is 1. The molecule has 1 atom stereocenters. The maximum Gasteiger partial charge on any atom is 0.269 e. The van der Waals surface area contributed by atoms with Crippen LogP contribution in [-0.4, -0.2) is 32.3 Å². The molecule has 0 spiro atoms. The number of hydrogen-bond acceptors (Lipinski definition) is 5. The number of aromatic nitrogens is 4. The third-order valence-corrected chi connectivity index (χ3v) is 4.15. The average Bonchev–Trinajstić information content (AvgIpc) is 3.00. The fourth-order valence-electron chi connectivity index (χ4n) is 2.70. The zero-order valence-electron chi connectivity index (χ0n) is 13.5. The van der Waals surface area contributed by atoms with Gasteiger partial charge in [-0.05, 0) is 32.3 Å². The molecule has 1 fully saturated rings. The molecular formula is C16H21N5O2. The predicted octanol–water partition coefficient (Wildman–Crippen LogP) is 1.56. The van der Waals surface area contributed by atoms with E-state index in [0.29, 0.717) is 18.1 Å². The largest absolute Gasteiger partial charge is 0.367 e. The van der Waals surface area contributed by atoms with Gasteiger partial charge < -0.3 is 10.1 Å². The lowest BCUT2D eigenvalue weighted by atomic mass is 9.95. The quantitative estimate of drug-likeness (QED) is 0.926. The molecule has 1 amide bonds. The molecule has 7 nitrogen and oxygen atoms in total. The van der Waals surface area contributed by atoms with Crippen LogP contribution in [0, 0.1) is 0 Å². The number of nitrogens with one attached hydrogen (secondary N) is 1. The van der Waals surface area contributed by atoms with E-state index in [9.17, 15) is 4.79 Å². The van der Waals surface area contributed by atoms with Crippen molar-refractivity contribution in [3.63, 3.8) is 0 Å². The summed E-state index contributed by atoms with van der Waals surface area (Å²) in [7, 11) is 1.73. The van der Waals surface area contributed by atoms with E-state index in [4.69, 9.17) is 4.74 Å². The number of hydrogen-bond donors (Lipinski definition) is 1. The summed E-state index contributed by atoms with van der Waals surface area (Å²) in [6.07, 6.45) is 8.24. The van der Waals surface area contributed by atoms with E-state index in [1.807, 2.05) is 6.92 Å². The molecule has 0 aromatic carbocycles. The molecule has 0 saturated carbocycles. The van der Waals surface area contributed by atoms with E-state index in [2.05, 4.69) is 20.4 Å². The molecule has 1 aliphatic rings. The summed E-state index contributed by atoms with van der Waals surface area (Å²) in [5, 5.41) is 6.82. The van der Waals surface area contributed by atoms with Gasteiger partial charge in [0, 0.05) is 44.4 Å². The summed E-state index contributed by atoms with van der Waals surface area (Å²) in [6.45, 7) is 3.16. The van der Waals surface area contributed by atoms with Gasteiger partial charge in [0.05, 0.1) is 0 Å². The lowest BCUT2D eigenvalue weighted by Crippen LogP contribution is -2.32. The van der Waals surface area contributed by atoms with Gasteiger partial charge in [-0.15, -0.1) is 0 Å². The maximum atomic E-state index is 12.0. The second-order valence-electron chi connectivity index (χ2n) is 5.97. The van der Waals surface area contributed by atoms with Crippen molar-refractivity contribution in [2.75, 3.05) is 6.61 Å². The van der Waals surface area contributed by atoms with Gasteiger partial charge in [0.1, 0.15) is 11.3 Å². The molecule has 0 aliphatic carbocycles. The van der Waals surface area contributed by atoms with Crippen LogP contribution in [0.3, 0.4) is 0 Å². The highest BCUT2D eigenvalue weighted by Crippen LogP contribution is 2.32. The van der Waals surface area contributed by atoms with Crippen LogP contribution in [0.1, 0.15) is 48.1 Å². The minimum atomic E-state index is -0.394. The Morgan fingerprint density at radius 1 is 1.39 bits per heavy atom.